The lowest BCUT2D eigenvalue weighted by molar-refractivity contribution is 0.415. The van der Waals surface area contributed by atoms with Crippen molar-refractivity contribution in [1.82, 2.24) is 4.98 Å². The van der Waals surface area contributed by atoms with Crippen molar-refractivity contribution >= 4 is 33.9 Å². The summed E-state index contributed by atoms with van der Waals surface area (Å²) >= 11 is 6.19. The summed E-state index contributed by atoms with van der Waals surface area (Å²) in [5.74, 6) is 1.07. The number of ether oxygens (including phenoxy) is 1. The Bertz CT molecular complexity index is 877. The average Bonchev–Trinajstić information content (AvgIpc) is 2.51. The molecule has 2 aromatic carbocycles. The second kappa shape index (κ2) is 5.39. The highest BCUT2D eigenvalue weighted by molar-refractivity contribution is 6.32. The van der Waals surface area contributed by atoms with Crippen LogP contribution < -0.4 is 16.2 Å². The number of methoxy groups -OCH3 is 1. The fraction of sp³-hybridized carbons (Fsp3) is 0.118. The SMILES string of the molecule is COc1ccc(-c2cc3c(N)c(C)ccc3c(N)n2)cc1Cl. The predicted molar refractivity (Wildman–Crippen MR) is 92.3 cm³/mol. The van der Waals surface area contributed by atoms with Crippen molar-refractivity contribution in [3.63, 3.8) is 0 Å². The maximum atomic E-state index is 6.19. The lowest BCUT2D eigenvalue weighted by Crippen LogP contribution is -1.98. The van der Waals surface area contributed by atoms with Crippen LogP contribution in [0.2, 0.25) is 5.02 Å². The molecule has 0 unspecified atom stereocenters. The van der Waals surface area contributed by atoms with Crippen molar-refractivity contribution < 1.29 is 4.74 Å². The Balaban J connectivity index is 2.23. The van der Waals surface area contributed by atoms with Crippen molar-refractivity contribution in [3.8, 4) is 17.0 Å². The standard InChI is InChI=1S/C17H16ClN3O/c1-9-3-5-11-12(16(9)19)8-14(21-17(11)20)10-4-6-15(22-2)13(18)7-10/h3-8H,19H2,1-2H3,(H2,20,21). The summed E-state index contributed by atoms with van der Waals surface area (Å²) in [7, 11) is 1.58. The minimum atomic E-state index is 0.450. The van der Waals surface area contributed by atoms with Crippen molar-refractivity contribution in [1.29, 1.82) is 0 Å². The quantitative estimate of drug-likeness (QED) is 0.700. The van der Waals surface area contributed by atoms with Crippen LogP contribution in [0.4, 0.5) is 11.5 Å². The van der Waals surface area contributed by atoms with Gasteiger partial charge in [0.25, 0.3) is 0 Å². The maximum Gasteiger partial charge on any atom is 0.137 e. The molecule has 1 heterocycles. The molecule has 3 rings (SSSR count). The highest BCUT2D eigenvalue weighted by Crippen LogP contribution is 2.34. The van der Waals surface area contributed by atoms with Crippen LogP contribution in [0.25, 0.3) is 22.0 Å². The number of nitrogen functional groups attached to an aromatic ring is 2. The summed E-state index contributed by atoms with van der Waals surface area (Å²) in [5, 5.41) is 2.28. The molecule has 0 atom stereocenters. The first-order chi connectivity index (χ1) is 10.5. The molecular weight excluding hydrogens is 298 g/mol. The molecule has 5 heteroatoms. The van der Waals surface area contributed by atoms with Gasteiger partial charge in [0.05, 0.1) is 17.8 Å². The number of fused-ring (bicyclic) bond motifs is 1. The van der Waals surface area contributed by atoms with Crippen LogP contribution in [-0.2, 0) is 0 Å². The monoisotopic (exact) mass is 313 g/mol. The number of halogens is 1. The summed E-state index contributed by atoms with van der Waals surface area (Å²) < 4.78 is 5.17. The molecule has 22 heavy (non-hydrogen) atoms. The minimum absolute atomic E-state index is 0.450. The van der Waals surface area contributed by atoms with E-state index >= 15 is 0 Å². The second-order valence-corrected chi connectivity index (χ2v) is 5.54. The van der Waals surface area contributed by atoms with E-state index in [-0.39, 0.29) is 0 Å². The van der Waals surface area contributed by atoms with E-state index < -0.39 is 0 Å². The summed E-state index contributed by atoms with van der Waals surface area (Å²) in [6.45, 7) is 1.97. The topological polar surface area (TPSA) is 74.2 Å². The number of rotatable bonds is 2. The maximum absolute atomic E-state index is 6.19. The van der Waals surface area contributed by atoms with Gasteiger partial charge in [-0.1, -0.05) is 23.7 Å². The van der Waals surface area contributed by atoms with Crippen molar-refractivity contribution in [3.05, 3.63) is 47.0 Å². The molecule has 0 saturated heterocycles. The largest absolute Gasteiger partial charge is 0.495 e. The zero-order valence-electron chi connectivity index (χ0n) is 12.4. The zero-order chi connectivity index (χ0) is 15.9. The van der Waals surface area contributed by atoms with E-state index in [0.29, 0.717) is 22.3 Å². The van der Waals surface area contributed by atoms with Crippen LogP contribution in [0.15, 0.2) is 36.4 Å². The van der Waals surface area contributed by atoms with Gasteiger partial charge >= 0.3 is 0 Å². The third kappa shape index (κ3) is 2.31. The molecule has 0 aliphatic rings. The van der Waals surface area contributed by atoms with Crippen LogP contribution in [0.1, 0.15) is 5.56 Å². The highest BCUT2D eigenvalue weighted by atomic mass is 35.5. The Morgan fingerprint density at radius 2 is 1.82 bits per heavy atom. The Morgan fingerprint density at radius 1 is 1.05 bits per heavy atom. The molecule has 0 aliphatic carbocycles. The first-order valence-corrected chi connectivity index (χ1v) is 7.18. The lowest BCUT2D eigenvalue weighted by atomic mass is 10.0. The molecule has 3 aromatic rings. The molecule has 0 fully saturated rings. The Labute approximate surface area is 133 Å². The van der Waals surface area contributed by atoms with Gasteiger partial charge in [-0.3, -0.25) is 0 Å². The van der Waals surface area contributed by atoms with E-state index in [1.54, 1.807) is 19.2 Å². The van der Waals surface area contributed by atoms with E-state index in [9.17, 15) is 0 Å². The van der Waals surface area contributed by atoms with Gasteiger partial charge in [0.1, 0.15) is 11.6 Å². The van der Waals surface area contributed by atoms with Gasteiger partial charge in [-0.05, 0) is 36.8 Å². The highest BCUT2D eigenvalue weighted by Gasteiger charge is 2.11. The molecule has 4 nitrogen and oxygen atoms in total. The van der Waals surface area contributed by atoms with E-state index in [0.717, 1.165) is 27.6 Å². The van der Waals surface area contributed by atoms with Gasteiger partial charge in [0.15, 0.2) is 0 Å². The minimum Gasteiger partial charge on any atom is -0.495 e. The van der Waals surface area contributed by atoms with E-state index in [1.807, 2.05) is 31.2 Å². The number of aryl methyl sites for hydroxylation is 1. The molecule has 1 aromatic heterocycles. The van der Waals surface area contributed by atoms with E-state index in [2.05, 4.69) is 4.98 Å². The normalized spacial score (nSPS) is 10.9. The molecule has 0 aliphatic heterocycles. The van der Waals surface area contributed by atoms with Gasteiger partial charge in [-0.15, -0.1) is 0 Å². The second-order valence-electron chi connectivity index (χ2n) is 5.13. The molecule has 0 amide bonds. The van der Waals surface area contributed by atoms with Crippen molar-refractivity contribution in [2.75, 3.05) is 18.6 Å². The van der Waals surface area contributed by atoms with E-state index in [4.69, 9.17) is 27.8 Å². The third-order valence-electron chi connectivity index (χ3n) is 3.75. The van der Waals surface area contributed by atoms with Crippen LogP contribution >= 0.6 is 11.6 Å². The fourth-order valence-electron chi connectivity index (χ4n) is 2.46. The Morgan fingerprint density at radius 3 is 2.50 bits per heavy atom. The van der Waals surface area contributed by atoms with Gasteiger partial charge in [0, 0.05) is 22.0 Å². The van der Waals surface area contributed by atoms with Gasteiger partial charge in [-0.25, -0.2) is 4.98 Å². The predicted octanol–water partition coefficient (Wildman–Crippen LogP) is 4.04. The van der Waals surface area contributed by atoms with Gasteiger partial charge < -0.3 is 16.2 Å². The zero-order valence-corrected chi connectivity index (χ0v) is 13.1. The number of pyridine rings is 1. The number of hydrogen-bond donors (Lipinski definition) is 2. The number of hydrogen-bond acceptors (Lipinski definition) is 4. The number of aromatic nitrogens is 1. The van der Waals surface area contributed by atoms with Gasteiger partial charge in [0.2, 0.25) is 0 Å². The molecule has 112 valence electrons. The molecule has 0 saturated carbocycles. The van der Waals surface area contributed by atoms with E-state index in [1.165, 1.54) is 0 Å². The summed E-state index contributed by atoms with van der Waals surface area (Å²) in [4.78, 5) is 4.46. The molecule has 0 spiro atoms. The molecule has 0 radical (unpaired) electrons. The van der Waals surface area contributed by atoms with Crippen molar-refractivity contribution in [2.45, 2.75) is 6.92 Å². The molecule has 0 bridgehead atoms. The first-order valence-electron chi connectivity index (χ1n) is 6.80. The van der Waals surface area contributed by atoms with Crippen molar-refractivity contribution in [2.24, 2.45) is 0 Å². The summed E-state index contributed by atoms with van der Waals surface area (Å²) in [5.41, 5.74) is 15.6. The van der Waals surface area contributed by atoms with Crippen LogP contribution in [0.3, 0.4) is 0 Å². The molecular formula is C17H16ClN3O. The van der Waals surface area contributed by atoms with Crippen LogP contribution in [0.5, 0.6) is 5.75 Å². The fourth-order valence-corrected chi connectivity index (χ4v) is 2.71. The number of anilines is 2. The van der Waals surface area contributed by atoms with Gasteiger partial charge in [-0.2, -0.15) is 0 Å². The lowest BCUT2D eigenvalue weighted by Gasteiger charge is -2.11. The number of nitrogens with zero attached hydrogens (tertiary/aromatic N) is 1. The summed E-state index contributed by atoms with van der Waals surface area (Å²) in [6.07, 6.45) is 0. The average molecular weight is 314 g/mol. The first kappa shape index (κ1) is 14.5. The third-order valence-corrected chi connectivity index (χ3v) is 4.05. The van der Waals surface area contributed by atoms with Crippen LogP contribution in [0, 0.1) is 6.92 Å². The van der Waals surface area contributed by atoms with Crippen LogP contribution in [-0.4, -0.2) is 12.1 Å². The Kier molecular flexibility index (Phi) is 3.54. The molecule has 4 N–H and O–H groups in total. The number of nitrogens with two attached hydrogens (primary N) is 2. The smallest absolute Gasteiger partial charge is 0.137 e. The Hall–Kier alpha value is -2.46. The summed E-state index contributed by atoms with van der Waals surface area (Å²) in [6, 6.07) is 11.3. The number of benzene rings is 2.